The minimum Gasteiger partial charge on any atom is -0.461 e. The van der Waals surface area contributed by atoms with Crippen LogP contribution in [0.3, 0.4) is 0 Å². The van der Waals surface area contributed by atoms with Gasteiger partial charge in [-0.15, -0.1) is 21.5 Å². The highest BCUT2D eigenvalue weighted by molar-refractivity contribution is 7.98. The zero-order valence-electron chi connectivity index (χ0n) is 18.6. The van der Waals surface area contributed by atoms with Crippen LogP contribution in [0.1, 0.15) is 29.3 Å². The summed E-state index contributed by atoms with van der Waals surface area (Å²) >= 11 is 2.87. The predicted octanol–water partition coefficient (Wildman–Crippen LogP) is 4.66. The van der Waals surface area contributed by atoms with E-state index in [-0.39, 0.29) is 23.9 Å². The number of thioether (sulfide) groups is 1. The van der Waals surface area contributed by atoms with Crippen molar-refractivity contribution in [2.24, 2.45) is 0 Å². The van der Waals surface area contributed by atoms with Gasteiger partial charge in [-0.05, 0) is 50.2 Å². The van der Waals surface area contributed by atoms with Crippen LogP contribution in [0.2, 0.25) is 0 Å². The Bertz CT molecular complexity index is 1260. The molecule has 1 saturated heterocycles. The third-order valence-electron chi connectivity index (χ3n) is 5.26. The number of furan rings is 1. The number of nitrogens with zero attached hydrogens (tertiary/aromatic N) is 5. The van der Waals surface area contributed by atoms with Crippen molar-refractivity contribution >= 4 is 29.0 Å². The van der Waals surface area contributed by atoms with E-state index in [1.54, 1.807) is 40.8 Å². The quantitative estimate of drug-likeness (QED) is 0.357. The van der Waals surface area contributed by atoms with Gasteiger partial charge in [-0.2, -0.15) is 0 Å². The van der Waals surface area contributed by atoms with Crippen molar-refractivity contribution in [1.29, 1.82) is 0 Å². The van der Waals surface area contributed by atoms with Gasteiger partial charge in [0.05, 0.1) is 29.9 Å². The number of aromatic nitrogens is 4. The Balaban J connectivity index is 1.34. The second kappa shape index (κ2) is 9.69. The fraction of sp³-hybridized carbons (Fsp3) is 0.304. The molecule has 0 aliphatic carbocycles. The molecule has 1 aliphatic heterocycles. The SMILES string of the molecule is CC1CN(C(=O)c2csc(CSc3nnc(-c4ccco4)n3-c3ccc(F)cc3)n2)CC(C)O1. The van der Waals surface area contributed by atoms with E-state index in [4.69, 9.17) is 9.15 Å². The van der Waals surface area contributed by atoms with E-state index in [2.05, 4.69) is 15.2 Å². The monoisotopic (exact) mass is 499 g/mol. The van der Waals surface area contributed by atoms with Crippen molar-refractivity contribution in [3.63, 3.8) is 0 Å². The summed E-state index contributed by atoms with van der Waals surface area (Å²) in [6.07, 6.45) is 1.57. The van der Waals surface area contributed by atoms with E-state index >= 15 is 0 Å². The lowest BCUT2D eigenvalue weighted by Crippen LogP contribution is -2.48. The van der Waals surface area contributed by atoms with Gasteiger partial charge < -0.3 is 14.1 Å². The number of rotatable bonds is 6. The van der Waals surface area contributed by atoms with Crippen LogP contribution in [0.5, 0.6) is 0 Å². The number of morpholine rings is 1. The molecular formula is C23H22FN5O3S2. The Hall–Kier alpha value is -3.02. The first-order valence-corrected chi connectivity index (χ1v) is 12.6. The van der Waals surface area contributed by atoms with Crippen molar-refractivity contribution in [1.82, 2.24) is 24.6 Å². The van der Waals surface area contributed by atoms with Crippen LogP contribution in [-0.2, 0) is 10.5 Å². The summed E-state index contributed by atoms with van der Waals surface area (Å²) in [6.45, 7) is 5.04. The smallest absolute Gasteiger partial charge is 0.273 e. The van der Waals surface area contributed by atoms with Gasteiger partial charge in [0.1, 0.15) is 16.5 Å². The van der Waals surface area contributed by atoms with E-state index in [1.807, 2.05) is 18.4 Å². The average Bonchev–Trinajstić information content (AvgIpc) is 3.57. The highest BCUT2D eigenvalue weighted by Crippen LogP contribution is 2.31. The minimum absolute atomic E-state index is 0.00235. The molecule has 1 amide bonds. The van der Waals surface area contributed by atoms with Crippen LogP contribution < -0.4 is 0 Å². The molecule has 1 aromatic carbocycles. The second-order valence-electron chi connectivity index (χ2n) is 7.98. The van der Waals surface area contributed by atoms with Gasteiger partial charge in [0.2, 0.25) is 5.82 Å². The molecule has 0 N–H and O–H groups in total. The van der Waals surface area contributed by atoms with Crippen LogP contribution in [0, 0.1) is 5.82 Å². The van der Waals surface area contributed by atoms with Crippen molar-refractivity contribution in [3.05, 3.63) is 64.6 Å². The first kappa shape index (κ1) is 22.8. The summed E-state index contributed by atoms with van der Waals surface area (Å²) in [4.78, 5) is 19.3. The molecule has 4 heterocycles. The van der Waals surface area contributed by atoms with Gasteiger partial charge in [0.25, 0.3) is 5.91 Å². The van der Waals surface area contributed by atoms with Gasteiger partial charge in [-0.1, -0.05) is 11.8 Å². The Morgan fingerprint density at radius 1 is 1.18 bits per heavy atom. The lowest BCUT2D eigenvalue weighted by atomic mass is 10.2. The number of amides is 1. The van der Waals surface area contributed by atoms with E-state index in [0.29, 0.717) is 47.0 Å². The Kier molecular flexibility index (Phi) is 6.48. The van der Waals surface area contributed by atoms with E-state index in [1.165, 1.54) is 35.2 Å². The molecule has 8 nitrogen and oxygen atoms in total. The molecule has 5 rings (SSSR count). The number of carbonyl (C=O) groups excluding carboxylic acids is 1. The van der Waals surface area contributed by atoms with Gasteiger partial charge in [-0.25, -0.2) is 9.37 Å². The van der Waals surface area contributed by atoms with Gasteiger partial charge in [0, 0.05) is 18.5 Å². The summed E-state index contributed by atoms with van der Waals surface area (Å²) in [5.74, 6) is 1.17. The van der Waals surface area contributed by atoms with Gasteiger partial charge in [0.15, 0.2) is 10.9 Å². The van der Waals surface area contributed by atoms with E-state index < -0.39 is 0 Å². The predicted molar refractivity (Wildman–Crippen MR) is 127 cm³/mol. The number of benzene rings is 1. The van der Waals surface area contributed by atoms with Crippen molar-refractivity contribution in [2.75, 3.05) is 13.1 Å². The van der Waals surface area contributed by atoms with Crippen LogP contribution >= 0.6 is 23.1 Å². The molecule has 0 saturated carbocycles. The third kappa shape index (κ3) is 4.77. The summed E-state index contributed by atoms with van der Waals surface area (Å²) in [7, 11) is 0. The number of thiazole rings is 1. The maximum atomic E-state index is 13.5. The van der Waals surface area contributed by atoms with Crippen molar-refractivity contribution in [2.45, 2.75) is 37.0 Å². The topological polar surface area (TPSA) is 86.3 Å². The molecule has 1 aliphatic rings. The molecule has 2 unspecified atom stereocenters. The average molecular weight is 500 g/mol. The minimum atomic E-state index is -0.324. The number of carbonyl (C=O) groups is 1. The maximum Gasteiger partial charge on any atom is 0.273 e. The molecule has 0 spiro atoms. The summed E-state index contributed by atoms with van der Waals surface area (Å²) < 4.78 is 26.6. The van der Waals surface area contributed by atoms with E-state index in [0.717, 1.165) is 5.01 Å². The van der Waals surface area contributed by atoms with Crippen LogP contribution in [0.15, 0.2) is 57.6 Å². The molecule has 0 radical (unpaired) electrons. The van der Waals surface area contributed by atoms with Crippen molar-refractivity contribution < 1.29 is 18.3 Å². The van der Waals surface area contributed by atoms with Crippen molar-refractivity contribution in [3.8, 4) is 17.3 Å². The number of hydrogen-bond donors (Lipinski definition) is 0. The standard InChI is InChI=1S/C23H22FN5O3S2/c1-14-10-28(11-15(2)32-14)22(30)18-12-33-20(25-18)13-34-23-27-26-21(19-4-3-9-31-19)29(23)17-7-5-16(24)6-8-17/h3-9,12,14-15H,10-11,13H2,1-2H3. The highest BCUT2D eigenvalue weighted by Gasteiger charge is 2.28. The third-order valence-corrected chi connectivity index (χ3v) is 7.23. The van der Waals surface area contributed by atoms with Crippen LogP contribution in [-0.4, -0.2) is 55.9 Å². The molecule has 4 aromatic rings. The molecule has 11 heteroatoms. The second-order valence-corrected chi connectivity index (χ2v) is 9.86. The fourth-order valence-corrected chi connectivity index (χ4v) is 5.60. The normalized spacial score (nSPS) is 18.4. The van der Waals surface area contributed by atoms with E-state index in [9.17, 15) is 9.18 Å². The van der Waals surface area contributed by atoms with Crippen LogP contribution in [0.25, 0.3) is 17.3 Å². The molecule has 1 fully saturated rings. The zero-order valence-corrected chi connectivity index (χ0v) is 20.2. The lowest BCUT2D eigenvalue weighted by molar-refractivity contribution is -0.0587. The number of ether oxygens (including phenoxy) is 1. The highest BCUT2D eigenvalue weighted by atomic mass is 32.2. The molecule has 0 bridgehead atoms. The first-order chi connectivity index (χ1) is 16.5. The Morgan fingerprint density at radius 3 is 2.65 bits per heavy atom. The fourth-order valence-electron chi connectivity index (χ4n) is 3.86. The Labute approximate surface area is 203 Å². The van der Waals surface area contributed by atoms with Crippen LogP contribution in [0.4, 0.5) is 4.39 Å². The number of halogens is 1. The summed E-state index contributed by atoms with van der Waals surface area (Å²) in [6, 6.07) is 9.68. The number of hydrogen-bond acceptors (Lipinski definition) is 8. The first-order valence-electron chi connectivity index (χ1n) is 10.7. The molecule has 2 atom stereocenters. The molecule has 176 valence electrons. The molecule has 3 aromatic heterocycles. The molecule has 34 heavy (non-hydrogen) atoms. The molecular weight excluding hydrogens is 477 g/mol. The summed E-state index contributed by atoms with van der Waals surface area (Å²) in [5, 5.41) is 11.8. The zero-order chi connectivity index (χ0) is 23.7. The Morgan fingerprint density at radius 2 is 1.94 bits per heavy atom. The van der Waals surface area contributed by atoms with Gasteiger partial charge in [-0.3, -0.25) is 9.36 Å². The van der Waals surface area contributed by atoms with Gasteiger partial charge >= 0.3 is 0 Å². The lowest BCUT2D eigenvalue weighted by Gasteiger charge is -2.34. The maximum absolute atomic E-state index is 13.5. The largest absolute Gasteiger partial charge is 0.461 e. The summed E-state index contributed by atoms with van der Waals surface area (Å²) in [5.41, 5.74) is 1.16.